The summed E-state index contributed by atoms with van der Waals surface area (Å²) in [4.78, 5) is 11.7. The van der Waals surface area contributed by atoms with Gasteiger partial charge in [-0.2, -0.15) is 0 Å². The Labute approximate surface area is 138 Å². The number of aryl methyl sites for hydroxylation is 1. The number of ether oxygens (including phenoxy) is 1. The Morgan fingerprint density at radius 1 is 1.22 bits per heavy atom. The first-order valence-corrected chi connectivity index (χ1v) is 7.48. The molecule has 0 aliphatic rings. The zero-order valence-electron chi connectivity index (χ0n) is 12.5. The molecule has 3 nitrogen and oxygen atoms in total. The van der Waals surface area contributed by atoms with Gasteiger partial charge >= 0.3 is 0 Å². The Morgan fingerprint density at radius 3 is 2.57 bits per heavy atom. The molecule has 0 aliphatic carbocycles. The molecule has 2 rings (SSSR count). The average Bonchev–Trinajstić information content (AvgIpc) is 2.51. The molecule has 0 radical (unpaired) electrons. The van der Waals surface area contributed by atoms with Crippen molar-refractivity contribution in [2.24, 2.45) is 0 Å². The molecule has 23 heavy (non-hydrogen) atoms. The van der Waals surface area contributed by atoms with Crippen molar-refractivity contribution in [1.82, 2.24) is 0 Å². The predicted octanol–water partition coefficient (Wildman–Crippen LogP) is 4.72. The summed E-state index contributed by atoms with van der Waals surface area (Å²) < 4.78 is 32.3. The maximum atomic E-state index is 13.4. The minimum atomic E-state index is -0.800. The Hall–Kier alpha value is -2.14. The monoisotopic (exact) mass is 339 g/mol. The average molecular weight is 340 g/mol. The van der Waals surface area contributed by atoms with Gasteiger partial charge in [-0.1, -0.05) is 17.7 Å². The predicted molar refractivity (Wildman–Crippen MR) is 85.9 cm³/mol. The molecule has 0 saturated carbocycles. The van der Waals surface area contributed by atoms with Crippen LogP contribution in [-0.4, -0.2) is 12.5 Å². The van der Waals surface area contributed by atoms with Gasteiger partial charge in [-0.25, -0.2) is 8.78 Å². The summed E-state index contributed by atoms with van der Waals surface area (Å²) >= 11 is 5.92. The van der Waals surface area contributed by atoms with E-state index >= 15 is 0 Å². The van der Waals surface area contributed by atoms with Crippen molar-refractivity contribution in [2.75, 3.05) is 11.9 Å². The highest BCUT2D eigenvalue weighted by molar-refractivity contribution is 6.31. The number of halogens is 3. The first kappa shape index (κ1) is 17.2. The molecule has 0 fully saturated rings. The number of para-hydroxylation sites is 1. The van der Waals surface area contributed by atoms with Crippen LogP contribution >= 0.6 is 11.6 Å². The molecule has 0 saturated heterocycles. The SMILES string of the molecule is Cc1cc(OCCCC(=O)Nc2c(F)cccc2F)ccc1Cl. The van der Waals surface area contributed by atoms with Crippen molar-refractivity contribution in [3.63, 3.8) is 0 Å². The lowest BCUT2D eigenvalue weighted by Gasteiger charge is -2.09. The molecule has 2 aromatic carbocycles. The summed E-state index contributed by atoms with van der Waals surface area (Å²) in [7, 11) is 0. The van der Waals surface area contributed by atoms with Crippen molar-refractivity contribution in [2.45, 2.75) is 19.8 Å². The molecule has 122 valence electrons. The molecule has 0 atom stereocenters. The van der Waals surface area contributed by atoms with E-state index in [1.165, 1.54) is 6.07 Å². The Balaban J connectivity index is 1.78. The van der Waals surface area contributed by atoms with Gasteiger partial charge in [0.05, 0.1) is 6.61 Å². The number of carbonyl (C=O) groups is 1. The molecule has 0 heterocycles. The van der Waals surface area contributed by atoms with E-state index < -0.39 is 23.2 Å². The van der Waals surface area contributed by atoms with Gasteiger partial charge in [-0.15, -0.1) is 0 Å². The number of benzene rings is 2. The first-order chi connectivity index (χ1) is 11.0. The van der Waals surface area contributed by atoms with Gasteiger partial charge in [0, 0.05) is 11.4 Å². The van der Waals surface area contributed by atoms with E-state index in [9.17, 15) is 13.6 Å². The van der Waals surface area contributed by atoms with Gasteiger partial charge in [0.15, 0.2) is 0 Å². The Morgan fingerprint density at radius 2 is 1.91 bits per heavy atom. The highest BCUT2D eigenvalue weighted by Gasteiger charge is 2.11. The highest BCUT2D eigenvalue weighted by Crippen LogP contribution is 2.21. The zero-order valence-corrected chi connectivity index (χ0v) is 13.3. The molecule has 1 amide bonds. The summed E-state index contributed by atoms with van der Waals surface area (Å²) in [6, 6.07) is 8.69. The number of amides is 1. The third-order valence-corrected chi connectivity index (χ3v) is 3.60. The molecule has 0 aliphatic heterocycles. The standard InChI is InChI=1S/C17H16ClF2NO2/c1-11-10-12(7-8-13(11)18)23-9-3-6-16(22)21-17-14(19)4-2-5-15(17)20/h2,4-5,7-8,10H,3,6,9H2,1H3,(H,21,22). The highest BCUT2D eigenvalue weighted by atomic mass is 35.5. The van der Waals surface area contributed by atoms with Gasteiger partial charge in [0.2, 0.25) is 5.91 Å². The summed E-state index contributed by atoms with van der Waals surface area (Å²) in [6.07, 6.45) is 0.518. The molecule has 0 spiro atoms. The van der Waals surface area contributed by atoms with Crippen LogP contribution in [0.3, 0.4) is 0 Å². The first-order valence-electron chi connectivity index (χ1n) is 7.10. The van der Waals surface area contributed by atoms with Crippen LogP contribution in [0.15, 0.2) is 36.4 Å². The normalized spacial score (nSPS) is 10.4. The smallest absolute Gasteiger partial charge is 0.224 e. The third-order valence-electron chi connectivity index (χ3n) is 3.17. The van der Waals surface area contributed by atoms with Gasteiger partial charge in [-0.05, 0) is 49.2 Å². The summed E-state index contributed by atoms with van der Waals surface area (Å²) in [5.41, 5.74) is 0.476. The van der Waals surface area contributed by atoms with Gasteiger partial charge < -0.3 is 10.1 Å². The molecule has 2 aromatic rings. The van der Waals surface area contributed by atoms with Crippen LogP contribution in [-0.2, 0) is 4.79 Å². The van der Waals surface area contributed by atoms with Crippen LogP contribution in [0.4, 0.5) is 14.5 Å². The van der Waals surface area contributed by atoms with Gasteiger partial charge in [-0.3, -0.25) is 4.79 Å². The lowest BCUT2D eigenvalue weighted by molar-refractivity contribution is -0.116. The summed E-state index contributed by atoms with van der Waals surface area (Å²) in [6.45, 7) is 2.18. The quantitative estimate of drug-likeness (QED) is 0.773. The fourth-order valence-electron chi connectivity index (χ4n) is 1.95. The van der Waals surface area contributed by atoms with E-state index in [1.807, 2.05) is 6.92 Å². The van der Waals surface area contributed by atoms with Crippen molar-refractivity contribution in [3.8, 4) is 5.75 Å². The van der Waals surface area contributed by atoms with Crippen molar-refractivity contribution in [1.29, 1.82) is 0 Å². The van der Waals surface area contributed by atoms with Crippen molar-refractivity contribution in [3.05, 3.63) is 58.6 Å². The summed E-state index contributed by atoms with van der Waals surface area (Å²) in [5.74, 6) is -1.41. The molecule has 0 aromatic heterocycles. The zero-order chi connectivity index (χ0) is 16.8. The van der Waals surface area contributed by atoms with E-state index in [0.717, 1.165) is 17.7 Å². The molecular formula is C17H16ClF2NO2. The second-order valence-electron chi connectivity index (χ2n) is 5.01. The number of hydrogen-bond acceptors (Lipinski definition) is 2. The number of hydrogen-bond donors (Lipinski definition) is 1. The lowest BCUT2D eigenvalue weighted by atomic mass is 10.2. The minimum absolute atomic E-state index is 0.0976. The molecule has 0 bridgehead atoms. The largest absolute Gasteiger partial charge is 0.494 e. The Kier molecular flexibility index (Phi) is 5.93. The molecular weight excluding hydrogens is 324 g/mol. The van der Waals surface area contributed by atoms with Crippen LogP contribution in [0.25, 0.3) is 0 Å². The van der Waals surface area contributed by atoms with Crippen molar-refractivity contribution < 1.29 is 18.3 Å². The Bertz CT molecular complexity index is 687. The molecule has 1 N–H and O–H groups in total. The number of anilines is 1. The van der Waals surface area contributed by atoms with Crippen molar-refractivity contribution >= 4 is 23.2 Å². The van der Waals surface area contributed by atoms with Gasteiger partial charge in [0.25, 0.3) is 0 Å². The van der Waals surface area contributed by atoms with E-state index in [2.05, 4.69) is 5.32 Å². The number of rotatable bonds is 6. The molecule has 0 unspecified atom stereocenters. The molecule has 6 heteroatoms. The van der Waals surface area contributed by atoms with Crippen LogP contribution in [0.1, 0.15) is 18.4 Å². The van der Waals surface area contributed by atoms with Gasteiger partial charge in [0.1, 0.15) is 23.1 Å². The summed E-state index contributed by atoms with van der Waals surface area (Å²) in [5, 5.41) is 2.89. The number of nitrogens with one attached hydrogen (secondary N) is 1. The van der Waals surface area contributed by atoms with Crippen LogP contribution in [0, 0.1) is 18.6 Å². The second-order valence-corrected chi connectivity index (χ2v) is 5.42. The third kappa shape index (κ3) is 4.93. The van der Waals surface area contributed by atoms with Crippen LogP contribution in [0.2, 0.25) is 5.02 Å². The van der Waals surface area contributed by atoms with Crippen LogP contribution < -0.4 is 10.1 Å². The topological polar surface area (TPSA) is 38.3 Å². The fourth-order valence-corrected chi connectivity index (χ4v) is 2.07. The maximum Gasteiger partial charge on any atom is 0.224 e. The minimum Gasteiger partial charge on any atom is -0.494 e. The van der Waals surface area contributed by atoms with E-state index in [1.54, 1.807) is 18.2 Å². The van der Waals surface area contributed by atoms with E-state index in [0.29, 0.717) is 23.8 Å². The number of carbonyl (C=O) groups excluding carboxylic acids is 1. The fraction of sp³-hybridized carbons (Fsp3) is 0.235. The van der Waals surface area contributed by atoms with E-state index in [4.69, 9.17) is 16.3 Å². The lowest BCUT2D eigenvalue weighted by Crippen LogP contribution is -2.15. The second kappa shape index (κ2) is 7.92. The van der Waals surface area contributed by atoms with Crippen LogP contribution in [0.5, 0.6) is 5.75 Å². The maximum absolute atomic E-state index is 13.4. The van der Waals surface area contributed by atoms with E-state index in [-0.39, 0.29) is 6.42 Å².